The minimum absolute atomic E-state index is 0.0944. The molecule has 0 spiro atoms. The van der Waals surface area contributed by atoms with Gasteiger partial charge in [-0.05, 0) is 0 Å². The standard InChI is InChI=1S/C6H8BNO2/c7-3-4-8-5(9)1-2-6(8)10/h3-4H,1-2,7H2/b4-3+. The minimum Gasteiger partial charge on any atom is -0.274 e. The molecule has 1 rings (SSSR count). The third-order valence-corrected chi connectivity index (χ3v) is 1.39. The van der Waals surface area contributed by atoms with Crippen LogP contribution in [0.1, 0.15) is 12.8 Å². The number of hydrogen-bond acceptors (Lipinski definition) is 2. The van der Waals surface area contributed by atoms with E-state index in [2.05, 4.69) is 0 Å². The molecule has 1 saturated heterocycles. The number of likely N-dealkylation sites (tertiary alicyclic amines) is 1. The van der Waals surface area contributed by atoms with Crippen molar-refractivity contribution in [3.63, 3.8) is 0 Å². The van der Waals surface area contributed by atoms with Crippen molar-refractivity contribution in [2.75, 3.05) is 0 Å². The molecular formula is C6H8BNO2. The Bertz CT molecular complexity index is 184. The highest BCUT2D eigenvalue weighted by Crippen LogP contribution is 2.10. The predicted octanol–water partition coefficient (Wildman–Crippen LogP) is -0.760. The number of rotatable bonds is 1. The Balaban J connectivity index is 2.72. The molecule has 0 bridgehead atoms. The van der Waals surface area contributed by atoms with E-state index in [1.165, 1.54) is 11.1 Å². The van der Waals surface area contributed by atoms with Gasteiger partial charge in [0.05, 0.1) is 0 Å². The fourth-order valence-electron chi connectivity index (χ4n) is 0.909. The maximum atomic E-state index is 10.8. The third-order valence-electron chi connectivity index (χ3n) is 1.39. The highest BCUT2D eigenvalue weighted by Gasteiger charge is 2.26. The van der Waals surface area contributed by atoms with Crippen molar-refractivity contribution in [3.05, 3.63) is 12.2 Å². The molecule has 4 heteroatoms. The molecule has 52 valence electrons. The van der Waals surface area contributed by atoms with Gasteiger partial charge in [-0.15, -0.1) is 5.98 Å². The largest absolute Gasteiger partial charge is 0.274 e. The quantitative estimate of drug-likeness (QED) is 0.351. The summed E-state index contributed by atoms with van der Waals surface area (Å²) >= 11 is 0. The number of hydrogen-bond donors (Lipinski definition) is 0. The number of carbonyl (C=O) groups excluding carboxylic acids is 2. The van der Waals surface area contributed by atoms with Crippen molar-refractivity contribution >= 4 is 19.7 Å². The van der Waals surface area contributed by atoms with E-state index in [9.17, 15) is 9.59 Å². The number of amides is 2. The van der Waals surface area contributed by atoms with Gasteiger partial charge in [0.1, 0.15) is 7.85 Å². The van der Waals surface area contributed by atoms with Crippen molar-refractivity contribution in [2.24, 2.45) is 0 Å². The van der Waals surface area contributed by atoms with E-state index in [-0.39, 0.29) is 11.8 Å². The van der Waals surface area contributed by atoms with Crippen LogP contribution in [0, 0.1) is 0 Å². The third kappa shape index (κ3) is 1.10. The van der Waals surface area contributed by atoms with Gasteiger partial charge in [0.25, 0.3) is 0 Å². The first-order valence-electron chi connectivity index (χ1n) is 3.23. The average molecular weight is 137 g/mol. The minimum atomic E-state index is -0.0944. The van der Waals surface area contributed by atoms with E-state index < -0.39 is 0 Å². The predicted molar refractivity (Wildman–Crippen MR) is 38.8 cm³/mol. The second-order valence-electron chi connectivity index (χ2n) is 2.14. The lowest BCUT2D eigenvalue weighted by atomic mass is 10.2. The zero-order valence-corrected chi connectivity index (χ0v) is 5.83. The molecule has 1 fully saturated rings. The lowest BCUT2D eigenvalue weighted by Gasteiger charge is -2.04. The molecule has 0 unspecified atom stereocenters. The van der Waals surface area contributed by atoms with Crippen molar-refractivity contribution in [2.45, 2.75) is 12.8 Å². The Hall–Kier alpha value is -1.06. The van der Waals surface area contributed by atoms with Crippen molar-refractivity contribution in [3.8, 4) is 0 Å². The van der Waals surface area contributed by atoms with E-state index >= 15 is 0 Å². The van der Waals surface area contributed by atoms with Crippen LogP contribution in [0.3, 0.4) is 0 Å². The number of nitrogens with zero attached hydrogens (tertiary/aromatic N) is 1. The molecular weight excluding hydrogens is 129 g/mol. The monoisotopic (exact) mass is 137 g/mol. The Morgan fingerprint density at radius 1 is 1.30 bits per heavy atom. The van der Waals surface area contributed by atoms with Crippen LogP contribution in [-0.2, 0) is 9.59 Å². The van der Waals surface area contributed by atoms with E-state index in [0.29, 0.717) is 12.8 Å². The van der Waals surface area contributed by atoms with Crippen molar-refractivity contribution < 1.29 is 9.59 Å². The molecule has 1 heterocycles. The summed E-state index contributed by atoms with van der Waals surface area (Å²) in [6, 6.07) is 0. The Kier molecular flexibility index (Phi) is 1.90. The van der Waals surface area contributed by atoms with Crippen LogP contribution in [0.4, 0.5) is 0 Å². The van der Waals surface area contributed by atoms with Gasteiger partial charge in [0, 0.05) is 19.0 Å². The molecule has 0 aromatic carbocycles. The van der Waals surface area contributed by atoms with Gasteiger partial charge >= 0.3 is 0 Å². The smallest absolute Gasteiger partial charge is 0.233 e. The summed E-state index contributed by atoms with van der Waals surface area (Å²) in [5.41, 5.74) is 0. The molecule has 1 aliphatic heterocycles. The molecule has 0 aromatic heterocycles. The first kappa shape index (κ1) is 7.06. The molecule has 0 aromatic rings. The molecule has 0 radical (unpaired) electrons. The lowest BCUT2D eigenvalue weighted by molar-refractivity contribution is -0.135. The number of carbonyl (C=O) groups is 2. The summed E-state index contributed by atoms with van der Waals surface area (Å²) in [7, 11) is 1.78. The highest BCUT2D eigenvalue weighted by atomic mass is 16.2. The summed E-state index contributed by atoms with van der Waals surface area (Å²) in [4.78, 5) is 22.8. The van der Waals surface area contributed by atoms with Crippen LogP contribution >= 0.6 is 0 Å². The molecule has 0 aliphatic carbocycles. The van der Waals surface area contributed by atoms with Gasteiger partial charge in [-0.25, -0.2) is 0 Å². The van der Waals surface area contributed by atoms with Crippen LogP contribution in [0.2, 0.25) is 0 Å². The van der Waals surface area contributed by atoms with Gasteiger partial charge in [-0.1, -0.05) is 0 Å². The van der Waals surface area contributed by atoms with Gasteiger partial charge in [-0.3, -0.25) is 14.5 Å². The molecule has 1 aliphatic rings. The van der Waals surface area contributed by atoms with Gasteiger partial charge in [0.15, 0.2) is 0 Å². The van der Waals surface area contributed by atoms with Crippen molar-refractivity contribution in [1.29, 1.82) is 0 Å². The average Bonchev–Trinajstić information content (AvgIpc) is 2.20. The molecule has 2 amide bonds. The second kappa shape index (κ2) is 2.69. The summed E-state index contributed by atoms with van der Waals surface area (Å²) in [6.07, 6.45) is 2.24. The summed E-state index contributed by atoms with van der Waals surface area (Å²) in [6.45, 7) is 0. The topological polar surface area (TPSA) is 37.4 Å². The Labute approximate surface area is 60.1 Å². The van der Waals surface area contributed by atoms with E-state index in [0.717, 1.165) is 0 Å². The van der Waals surface area contributed by atoms with Crippen molar-refractivity contribution in [1.82, 2.24) is 4.90 Å². The zero-order valence-electron chi connectivity index (χ0n) is 5.83. The Morgan fingerprint density at radius 3 is 2.20 bits per heavy atom. The van der Waals surface area contributed by atoms with E-state index in [4.69, 9.17) is 0 Å². The lowest BCUT2D eigenvalue weighted by Crippen LogP contribution is -2.22. The molecule has 3 nitrogen and oxygen atoms in total. The summed E-state index contributed by atoms with van der Waals surface area (Å²) in [5.74, 6) is 1.49. The normalized spacial score (nSPS) is 19.4. The zero-order chi connectivity index (χ0) is 7.56. The van der Waals surface area contributed by atoms with E-state index in [1.807, 2.05) is 0 Å². The summed E-state index contributed by atoms with van der Waals surface area (Å²) in [5, 5.41) is 0. The van der Waals surface area contributed by atoms with Crippen LogP contribution in [0.15, 0.2) is 12.2 Å². The van der Waals surface area contributed by atoms with Crippen LogP contribution in [-0.4, -0.2) is 24.6 Å². The highest BCUT2D eigenvalue weighted by molar-refractivity contribution is 6.17. The first-order chi connectivity index (χ1) is 4.75. The maximum absolute atomic E-state index is 10.8. The summed E-state index contributed by atoms with van der Waals surface area (Å²) < 4.78 is 0. The molecule has 0 saturated carbocycles. The van der Waals surface area contributed by atoms with Gasteiger partial charge < -0.3 is 0 Å². The fourth-order valence-corrected chi connectivity index (χ4v) is 0.909. The van der Waals surface area contributed by atoms with Gasteiger partial charge in [-0.2, -0.15) is 0 Å². The second-order valence-corrected chi connectivity index (χ2v) is 2.14. The Morgan fingerprint density at radius 2 is 1.80 bits per heavy atom. The van der Waals surface area contributed by atoms with E-state index in [1.54, 1.807) is 13.8 Å². The van der Waals surface area contributed by atoms with Gasteiger partial charge in [0.2, 0.25) is 11.8 Å². The molecule has 0 atom stereocenters. The fraction of sp³-hybridized carbons (Fsp3) is 0.333. The van der Waals surface area contributed by atoms with Crippen LogP contribution in [0.5, 0.6) is 0 Å². The van der Waals surface area contributed by atoms with Crippen LogP contribution in [0.25, 0.3) is 0 Å². The van der Waals surface area contributed by atoms with Crippen LogP contribution < -0.4 is 0 Å². The molecule has 0 N–H and O–H groups in total. The SMILES string of the molecule is B/C=C/N1C(=O)CCC1=O. The number of imide groups is 1. The molecule has 10 heavy (non-hydrogen) atoms. The maximum Gasteiger partial charge on any atom is 0.233 e. The first-order valence-corrected chi connectivity index (χ1v) is 3.23.